The number of hydrogen-bond donors (Lipinski definition) is 2. The van der Waals surface area contributed by atoms with E-state index >= 15 is 0 Å². The Morgan fingerprint density at radius 2 is 2.00 bits per heavy atom. The quantitative estimate of drug-likeness (QED) is 0.873. The highest BCUT2D eigenvalue weighted by atomic mass is 32.1. The fraction of sp³-hybridized carbons (Fsp3) is 0.538. The molecule has 1 aromatic rings. The van der Waals surface area contributed by atoms with Crippen molar-refractivity contribution in [2.75, 3.05) is 7.05 Å². The predicted molar refractivity (Wildman–Crippen MR) is 75.3 cm³/mol. The molecule has 106 valence electrons. The lowest BCUT2D eigenvalue weighted by molar-refractivity contribution is -0.141. The zero-order chi connectivity index (χ0) is 14.6. The van der Waals surface area contributed by atoms with Crippen LogP contribution < -0.4 is 5.32 Å². The first kappa shape index (κ1) is 15.5. The first-order valence-electron chi connectivity index (χ1n) is 6.14. The highest BCUT2D eigenvalue weighted by Crippen LogP contribution is 2.25. The van der Waals surface area contributed by atoms with Gasteiger partial charge < -0.3 is 15.3 Å². The summed E-state index contributed by atoms with van der Waals surface area (Å²) in [6.45, 7) is 5.52. The van der Waals surface area contributed by atoms with E-state index in [9.17, 15) is 9.59 Å². The van der Waals surface area contributed by atoms with Crippen molar-refractivity contribution in [3.05, 3.63) is 22.4 Å². The third-order valence-electron chi connectivity index (χ3n) is 3.05. The number of likely N-dealkylation sites (N-methyl/N-ethyl adjacent to an activating group) is 1. The van der Waals surface area contributed by atoms with Crippen LogP contribution in [0.2, 0.25) is 0 Å². The van der Waals surface area contributed by atoms with Gasteiger partial charge in [-0.2, -0.15) is 0 Å². The summed E-state index contributed by atoms with van der Waals surface area (Å²) >= 11 is 1.58. The van der Waals surface area contributed by atoms with Crippen LogP contribution >= 0.6 is 11.3 Å². The van der Waals surface area contributed by atoms with E-state index < -0.39 is 12.0 Å². The smallest absolute Gasteiger partial charge is 0.326 e. The monoisotopic (exact) mass is 284 g/mol. The molecular formula is C13H20N2O3S. The van der Waals surface area contributed by atoms with Crippen molar-refractivity contribution in [2.45, 2.75) is 32.9 Å². The summed E-state index contributed by atoms with van der Waals surface area (Å²) in [6, 6.07) is 2.58. The maximum absolute atomic E-state index is 12.1. The number of carbonyl (C=O) groups is 2. The van der Waals surface area contributed by atoms with Gasteiger partial charge >= 0.3 is 12.0 Å². The standard InChI is InChI=1S/C13H20N2O3S/c1-8(2)11(10-6-5-7-19-10)14-13(18)15(4)9(3)12(16)17/h5-9,11H,1-4H3,(H,14,18)(H,16,17). The van der Waals surface area contributed by atoms with Crippen molar-refractivity contribution in [2.24, 2.45) is 5.92 Å². The minimum absolute atomic E-state index is 0.101. The number of nitrogens with one attached hydrogen (secondary N) is 1. The highest BCUT2D eigenvalue weighted by molar-refractivity contribution is 7.10. The van der Waals surface area contributed by atoms with Gasteiger partial charge in [-0.1, -0.05) is 19.9 Å². The summed E-state index contributed by atoms with van der Waals surface area (Å²) in [6.07, 6.45) is 0. The van der Waals surface area contributed by atoms with E-state index in [0.717, 1.165) is 4.88 Å². The lowest BCUT2D eigenvalue weighted by atomic mass is 10.0. The molecule has 19 heavy (non-hydrogen) atoms. The Kier molecular flexibility index (Phi) is 5.35. The summed E-state index contributed by atoms with van der Waals surface area (Å²) in [5, 5.41) is 13.8. The zero-order valence-corrected chi connectivity index (χ0v) is 12.4. The van der Waals surface area contributed by atoms with Gasteiger partial charge in [0.15, 0.2) is 0 Å². The number of urea groups is 1. The Morgan fingerprint density at radius 1 is 1.37 bits per heavy atom. The summed E-state index contributed by atoms with van der Waals surface area (Å²) in [7, 11) is 1.49. The van der Waals surface area contributed by atoms with E-state index in [1.54, 1.807) is 11.3 Å². The third-order valence-corrected chi connectivity index (χ3v) is 4.01. The molecule has 0 spiro atoms. The summed E-state index contributed by atoms with van der Waals surface area (Å²) < 4.78 is 0. The van der Waals surface area contributed by atoms with Crippen LogP contribution in [0.25, 0.3) is 0 Å². The Labute approximate surface area is 117 Å². The van der Waals surface area contributed by atoms with E-state index in [-0.39, 0.29) is 18.0 Å². The molecule has 0 aliphatic rings. The van der Waals surface area contributed by atoms with Crippen molar-refractivity contribution in [1.29, 1.82) is 0 Å². The predicted octanol–water partition coefficient (Wildman–Crippen LogP) is 2.56. The van der Waals surface area contributed by atoms with E-state index in [2.05, 4.69) is 5.32 Å². The second-order valence-corrected chi connectivity index (χ2v) is 5.79. The molecule has 0 radical (unpaired) electrons. The number of hydrogen-bond acceptors (Lipinski definition) is 3. The van der Waals surface area contributed by atoms with Gasteiger partial charge in [0.05, 0.1) is 6.04 Å². The van der Waals surface area contributed by atoms with Gasteiger partial charge in [-0.15, -0.1) is 11.3 Å². The minimum atomic E-state index is -1.02. The molecule has 1 rings (SSSR count). The van der Waals surface area contributed by atoms with Crippen molar-refractivity contribution in [3.63, 3.8) is 0 Å². The normalized spacial score (nSPS) is 13.9. The van der Waals surface area contributed by atoms with Crippen LogP contribution in [0.1, 0.15) is 31.7 Å². The second-order valence-electron chi connectivity index (χ2n) is 4.81. The van der Waals surface area contributed by atoms with Crippen LogP contribution in [0.4, 0.5) is 4.79 Å². The van der Waals surface area contributed by atoms with Crippen molar-refractivity contribution < 1.29 is 14.7 Å². The topological polar surface area (TPSA) is 69.6 Å². The van der Waals surface area contributed by atoms with Crippen LogP contribution in [0.15, 0.2) is 17.5 Å². The van der Waals surface area contributed by atoms with E-state index in [0.29, 0.717) is 0 Å². The minimum Gasteiger partial charge on any atom is -0.480 e. The molecule has 0 fully saturated rings. The first-order chi connectivity index (χ1) is 8.84. The fourth-order valence-electron chi connectivity index (χ4n) is 1.61. The zero-order valence-electron chi connectivity index (χ0n) is 11.6. The molecule has 2 unspecified atom stereocenters. The van der Waals surface area contributed by atoms with Gasteiger partial charge in [-0.25, -0.2) is 9.59 Å². The molecule has 1 aromatic heterocycles. The number of aliphatic carboxylic acids is 1. The summed E-state index contributed by atoms with van der Waals surface area (Å²) in [5.74, 6) is -0.786. The van der Waals surface area contributed by atoms with Gasteiger partial charge in [-0.05, 0) is 24.3 Å². The van der Waals surface area contributed by atoms with Gasteiger partial charge in [0, 0.05) is 11.9 Å². The molecule has 0 aromatic carbocycles. The number of carbonyl (C=O) groups excluding carboxylic acids is 1. The largest absolute Gasteiger partial charge is 0.480 e. The average Bonchev–Trinajstić information content (AvgIpc) is 2.86. The van der Waals surface area contributed by atoms with Crippen LogP contribution in [0.3, 0.4) is 0 Å². The number of nitrogens with zero attached hydrogens (tertiary/aromatic N) is 1. The molecule has 0 saturated carbocycles. The van der Waals surface area contributed by atoms with Crippen molar-refractivity contribution in [3.8, 4) is 0 Å². The highest BCUT2D eigenvalue weighted by Gasteiger charge is 2.25. The SMILES string of the molecule is CC(C)C(NC(=O)N(C)C(C)C(=O)O)c1cccs1. The Hall–Kier alpha value is -1.56. The van der Waals surface area contributed by atoms with Crippen LogP contribution in [-0.4, -0.2) is 35.1 Å². The van der Waals surface area contributed by atoms with Crippen LogP contribution in [0.5, 0.6) is 0 Å². The van der Waals surface area contributed by atoms with E-state index in [1.165, 1.54) is 18.9 Å². The van der Waals surface area contributed by atoms with Crippen LogP contribution in [0, 0.1) is 5.92 Å². The number of thiophene rings is 1. The molecular weight excluding hydrogens is 264 g/mol. The number of rotatable bonds is 5. The molecule has 0 aliphatic carbocycles. The molecule has 2 atom stereocenters. The fourth-order valence-corrected chi connectivity index (χ4v) is 2.56. The number of carboxylic acid groups (broad SMARTS) is 1. The average molecular weight is 284 g/mol. The van der Waals surface area contributed by atoms with Gasteiger partial charge in [0.25, 0.3) is 0 Å². The Balaban J connectivity index is 2.75. The molecule has 6 heteroatoms. The lowest BCUT2D eigenvalue weighted by Crippen LogP contribution is -2.47. The number of amides is 2. The van der Waals surface area contributed by atoms with Crippen molar-refractivity contribution in [1.82, 2.24) is 10.2 Å². The lowest BCUT2D eigenvalue weighted by Gasteiger charge is -2.27. The molecule has 0 bridgehead atoms. The van der Waals surface area contributed by atoms with Gasteiger partial charge in [0.2, 0.25) is 0 Å². The maximum Gasteiger partial charge on any atom is 0.326 e. The molecule has 2 amide bonds. The summed E-state index contributed by atoms with van der Waals surface area (Å²) in [4.78, 5) is 25.2. The van der Waals surface area contributed by atoms with Crippen LogP contribution in [-0.2, 0) is 4.79 Å². The van der Waals surface area contributed by atoms with Crippen molar-refractivity contribution >= 4 is 23.3 Å². The molecule has 0 saturated heterocycles. The first-order valence-corrected chi connectivity index (χ1v) is 7.02. The molecule has 5 nitrogen and oxygen atoms in total. The second kappa shape index (κ2) is 6.56. The molecule has 1 heterocycles. The third kappa shape index (κ3) is 3.96. The van der Waals surface area contributed by atoms with E-state index in [4.69, 9.17) is 5.11 Å². The number of carboxylic acids is 1. The molecule has 0 aliphatic heterocycles. The van der Waals surface area contributed by atoms with Gasteiger partial charge in [0.1, 0.15) is 6.04 Å². The van der Waals surface area contributed by atoms with Gasteiger partial charge in [-0.3, -0.25) is 0 Å². The maximum atomic E-state index is 12.1. The summed E-state index contributed by atoms with van der Waals surface area (Å²) in [5.41, 5.74) is 0. The van der Waals surface area contributed by atoms with E-state index in [1.807, 2.05) is 31.4 Å². The Morgan fingerprint density at radius 3 is 2.42 bits per heavy atom. The Bertz CT molecular complexity index is 431. The molecule has 2 N–H and O–H groups in total.